The van der Waals surface area contributed by atoms with Gasteiger partial charge in [0.15, 0.2) is 5.58 Å². The van der Waals surface area contributed by atoms with E-state index in [1.165, 1.54) is 0 Å². The molecule has 6 rings (SSSR count). The van der Waals surface area contributed by atoms with E-state index in [1.54, 1.807) is 6.20 Å². The summed E-state index contributed by atoms with van der Waals surface area (Å²) in [4.78, 5) is 9.36. The number of hydrogen-bond acceptors (Lipinski definition) is 4. The smallest absolute Gasteiger partial charge is 0.231 e. The molecule has 6 aromatic rings. The number of phenols is 1. The number of benzene rings is 4. The highest BCUT2D eigenvalue weighted by molar-refractivity contribution is 5.93. The molecule has 2 heterocycles. The lowest BCUT2D eigenvalue weighted by Gasteiger charge is -2.27. The molecule has 0 saturated heterocycles. The van der Waals surface area contributed by atoms with Gasteiger partial charge in [-0.3, -0.25) is 4.98 Å². The van der Waals surface area contributed by atoms with E-state index in [0.29, 0.717) is 17.0 Å². The Bertz CT molecular complexity index is 1700. The van der Waals surface area contributed by atoms with Crippen molar-refractivity contribution in [2.75, 3.05) is 0 Å². The fraction of sp³-hybridized carbons (Fsp3) is 0.0909. The number of aromatic hydroxyl groups is 1. The summed E-state index contributed by atoms with van der Waals surface area (Å²) in [6.07, 6.45) is 1.80. The molecule has 0 atom stereocenters. The summed E-state index contributed by atoms with van der Waals surface area (Å²) in [5, 5.41) is 11.4. The molecule has 0 radical (unpaired) electrons. The Morgan fingerprint density at radius 3 is 2.24 bits per heavy atom. The van der Waals surface area contributed by atoms with Gasteiger partial charge in [0.25, 0.3) is 0 Å². The molecular formula is C33H26N2O2. The van der Waals surface area contributed by atoms with Gasteiger partial charge in [-0.1, -0.05) is 92.7 Å². The van der Waals surface area contributed by atoms with Gasteiger partial charge in [-0.15, -0.1) is 0 Å². The minimum Gasteiger partial charge on any atom is -0.507 e. The molecule has 0 spiro atoms. The predicted octanol–water partition coefficient (Wildman–Crippen LogP) is 8.26. The molecular weight excluding hydrogens is 456 g/mol. The largest absolute Gasteiger partial charge is 0.507 e. The van der Waals surface area contributed by atoms with Crippen LogP contribution in [0.1, 0.15) is 25.0 Å². The summed E-state index contributed by atoms with van der Waals surface area (Å²) in [6, 6.07) is 36.0. The van der Waals surface area contributed by atoms with Crippen LogP contribution in [0.2, 0.25) is 0 Å². The summed E-state index contributed by atoms with van der Waals surface area (Å²) in [7, 11) is 0. The Hall–Kier alpha value is -4.70. The monoisotopic (exact) mass is 482 g/mol. The molecule has 0 unspecified atom stereocenters. The number of nitrogens with zero attached hydrogens (tertiary/aromatic N) is 2. The van der Waals surface area contributed by atoms with Crippen molar-refractivity contribution in [3.05, 3.63) is 127 Å². The molecule has 37 heavy (non-hydrogen) atoms. The molecule has 0 aliphatic carbocycles. The Morgan fingerprint density at radius 1 is 0.703 bits per heavy atom. The second-order valence-electron chi connectivity index (χ2n) is 9.66. The molecule has 4 heteroatoms. The zero-order valence-electron chi connectivity index (χ0n) is 20.7. The van der Waals surface area contributed by atoms with Crippen molar-refractivity contribution in [3.8, 4) is 39.6 Å². The van der Waals surface area contributed by atoms with Crippen molar-refractivity contribution in [2.24, 2.45) is 0 Å². The Kier molecular flexibility index (Phi) is 5.57. The van der Waals surface area contributed by atoms with Crippen molar-refractivity contribution in [2.45, 2.75) is 19.3 Å². The molecule has 1 N–H and O–H groups in total. The minimum atomic E-state index is -0.398. The van der Waals surface area contributed by atoms with E-state index in [-0.39, 0.29) is 5.75 Å². The molecule has 4 nitrogen and oxygen atoms in total. The normalized spacial score (nSPS) is 11.6. The zero-order valence-corrected chi connectivity index (χ0v) is 20.7. The maximum absolute atomic E-state index is 11.4. The Morgan fingerprint density at radius 2 is 1.43 bits per heavy atom. The van der Waals surface area contributed by atoms with Crippen LogP contribution >= 0.6 is 0 Å². The average molecular weight is 483 g/mol. The van der Waals surface area contributed by atoms with E-state index >= 15 is 0 Å². The predicted molar refractivity (Wildman–Crippen MR) is 148 cm³/mol. The van der Waals surface area contributed by atoms with E-state index < -0.39 is 5.41 Å². The number of oxazole rings is 1. The van der Waals surface area contributed by atoms with E-state index in [4.69, 9.17) is 9.40 Å². The van der Waals surface area contributed by atoms with Crippen LogP contribution in [-0.4, -0.2) is 15.1 Å². The Balaban J connectivity index is 1.45. The van der Waals surface area contributed by atoms with E-state index in [0.717, 1.165) is 39.0 Å². The lowest BCUT2D eigenvalue weighted by Crippen LogP contribution is -2.19. The van der Waals surface area contributed by atoms with E-state index in [9.17, 15) is 5.11 Å². The molecule has 0 aliphatic rings. The van der Waals surface area contributed by atoms with Crippen LogP contribution in [0.15, 0.2) is 120 Å². The second kappa shape index (κ2) is 9.07. The third-order valence-electron chi connectivity index (χ3n) is 6.99. The number of hydrogen-bond donors (Lipinski definition) is 1. The molecule has 0 fully saturated rings. The maximum Gasteiger partial charge on any atom is 0.231 e. The number of fused-ring (bicyclic) bond motifs is 1. The van der Waals surface area contributed by atoms with Gasteiger partial charge in [0.2, 0.25) is 5.89 Å². The number of aromatic nitrogens is 2. The lowest BCUT2D eigenvalue weighted by molar-refractivity contribution is 0.452. The topological polar surface area (TPSA) is 59.2 Å². The molecule has 0 saturated carbocycles. The van der Waals surface area contributed by atoms with Gasteiger partial charge in [0, 0.05) is 28.3 Å². The third kappa shape index (κ3) is 4.07. The van der Waals surface area contributed by atoms with Crippen LogP contribution in [0.5, 0.6) is 5.75 Å². The maximum atomic E-state index is 11.4. The van der Waals surface area contributed by atoms with E-state index in [2.05, 4.69) is 49.2 Å². The van der Waals surface area contributed by atoms with Crippen LogP contribution in [0.3, 0.4) is 0 Å². The molecule has 180 valence electrons. The highest BCUT2D eigenvalue weighted by Crippen LogP contribution is 2.42. The summed E-state index contributed by atoms with van der Waals surface area (Å²) >= 11 is 0. The van der Waals surface area contributed by atoms with Gasteiger partial charge in [-0.05, 0) is 41.5 Å². The van der Waals surface area contributed by atoms with Crippen LogP contribution in [0.4, 0.5) is 0 Å². The zero-order chi connectivity index (χ0) is 25.4. The van der Waals surface area contributed by atoms with Gasteiger partial charge in [0.1, 0.15) is 11.3 Å². The first-order valence-corrected chi connectivity index (χ1v) is 12.3. The van der Waals surface area contributed by atoms with Crippen molar-refractivity contribution in [1.82, 2.24) is 9.97 Å². The lowest BCUT2D eigenvalue weighted by atomic mass is 9.77. The quantitative estimate of drug-likeness (QED) is 0.269. The van der Waals surface area contributed by atoms with Gasteiger partial charge >= 0.3 is 0 Å². The van der Waals surface area contributed by atoms with Crippen molar-refractivity contribution in [3.63, 3.8) is 0 Å². The highest BCUT2D eigenvalue weighted by Gasteiger charge is 2.28. The first kappa shape index (κ1) is 22.7. The molecule has 0 bridgehead atoms. The standard InChI is InChI=1S/C33H26N2O2/c1-33(2,24-13-4-3-5-14-24)27-17-9-16-26(31(27)36)32-35-30-25(15-10-19-29(30)37-32)22-11-8-12-23(21-22)28-18-6-7-20-34-28/h3-21,36H,1-2H3. The van der Waals surface area contributed by atoms with Gasteiger partial charge in [-0.25, -0.2) is 4.98 Å². The number of rotatable bonds is 5. The third-order valence-corrected chi connectivity index (χ3v) is 6.99. The summed E-state index contributed by atoms with van der Waals surface area (Å²) in [5.41, 5.74) is 7.48. The summed E-state index contributed by atoms with van der Waals surface area (Å²) in [6.45, 7) is 4.22. The summed E-state index contributed by atoms with van der Waals surface area (Å²) < 4.78 is 6.20. The van der Waals surface area contributed by atoms with E-state index in [1.807, 2.05) is 78.9 Å². The first-order valence-electron chi connectivity index (χ1n) is 12.3. The van der Waals surface area contributed by atoms with Crippen LogP contribution in [0, 0.1) is 0 Å². The summed E-state index contributed by atoms with van der Waals surface area (Å²) in [5.74, 6) is 0.577. The molecule has 2 aromatic heterocycles. The van der Waals surface area contributed by atoms with Crippen molar-refractivity contribution >= 4 is 11.1 Å². The number of para-hydroxylation sites is 2. The van der Waals surface area contributed by atoms with Gasteiger partial charge in [0.05, 0.1) is 11.3 Å². The highest BCUT2D eigenvalue weighted by atomic mass is 16.3. The van der Waals surface area contributed by atoms with Gasteiger partial charge in [-0.2, -0.15) is 0 Å². The molecule has 4 aromatic carbocycles. The van der Waals surface area contributed by atoms with Crippen LogP contribution < -0.4 is 0 Å². The number of pyridine rings is 1. The molecule has 0 amide bonds. The fourth-order valence-corrected chi connectivity index (χ4v) is 4.91. The van der Waals surface area contributed by atoms with Crippen LogP contribution in [0.25, 0.3) is 44.9 Å². The SMILES string of the molecule is CC(C)(c1ccccc1)c1cccc(-c2nc3c(-c4cccc(-c5ccccn5)c4)cccc3o2)c1O. The van der Waals surface area contributed by atoms with Gasteiger partial charge < -0.3 is 9.52 Å². The minimum absolute atomic E-state index is 0.182. The van der Waals surface area contributed by atoms with Crippen molar-refractivity contribution < 1.29 is 9.52 Å². The van der Waals surface area contributed by atoms with Crippen LogP contribution in [-0.2, 0) is 5.41 Å². The first-order chi connectivity index (χ1) is 18.0. The van der Waals surface area contributed by atoms with Crippen molar-refractivity contribution in [1.29, 1.82) is 0 Å². The second-order valence-corrected chi connectivity index (χ2v) is 9.66. The fourth-order valence-electron chi connectivity index (χ4n) is 4.91. The Labute approximate surface area is 215 Å². The number of phenolic OH excluding ortho intramolecular Hbond substituents is 1. The average Bonchev–Trinajstić information content (AvgIpc) is 3.38. The molecule has 0 aliphatic heterocycles.